The molecule has 0 radical (unpaired) electrons. The monoisotopic (exact) mass is 263 g/mol. The lowest BCUT2D eigenvalue weighted by Gasteiger charge is -2.44. The van der Waals surface area contributed by atoms with Gasteiger partial charge in [-0.2, -0.15) is 0 Å². The Morgan fingerprint density at radius 1 is 1.32 bits per heavy atom. The Morgan fingerprint density at radius 3 is 2.89 bits per heavy atom. The number of nitrogens with one attached hydrogen (secondary N) is 1. The first-order valence-corrected chi connectivity index (χ1v) is 7.04. The lowest BCUT2D eigenvalue weighted by molar-refractivity contribution is -0.0674. The molecular formula is C15H21NO3. The summed E-state index contributed by atoms with van der Waals surface area (Å²) in [6, 6.07) is 8.10. The zero-order valence-corrected chi connectivity index (χ0v) is 11.1. The Kier molecular flexibility index (Phi) is 3.73. The molecular weight excluding hydrogens is 242 g/mol. The summed E-state index contributed by atoms with van der Waals surface area (Å²) in [6.45, 7) is 2.44. The molecule has 2 aliphatic heterocycles. The van der Waals surface area contributed by atoms with Crippen LogP contribution in [0.3, 0.4) is 0 Å². The van der Waals surface area contributed by atoms with Gasteiger partial charge in [0, 0.05) is 12.0 Å². The van der Waals surface area contributed by atoms with E-state index >= 15 is 0 Å². The number of aliphatic hydroxyl groups excluding tert-OH is 1. The highest BCUT2D eigenvalue weighted by Gasteiger charge is 2.42. The van der Waals surface area contributed by atoms with E-state index in [-0.39, 0.29) is 18.3 Å². The molecule has 2 aliphatic rings. The van der Waals surface area contributed by atoms with Gasteiger partial charge in [0.25, 0.3) is 0 Å². The summed E-state index contributed by atoms with van der Waals surface area (Å²) < 4.78 is 12.1. The molecule has 1 spiro atoms. The molecule has 3 rings (SSSR count). The molecule has 0 amide bonds. The summed E-state index contributed by atoms with van der Waals surface area (Å²) in [5.74, 6) is 0.943. The van der Waals surface area contributed by atoms with Crippen LogP contribution in [0.15, 0.2) is 24.3 Å². The molecule has 0 bridgehead atoms. The maximum Gasteiger partial charge on any atom is 0.125 e. The van der Waals surface area contributed by atoms with Crippen molar-refractivity contribution in [1.29, 1.82) is 0 Å². The second-order valence-corrected chi connectivity index (χ2v) is 5.36. The van der Waals surface area contributed by atoms with Crippen LogP contribution in [0.2, 0.25) is 0 Å². The van der Waals surface area contributed by atoms with Crippen LogP contribution in [-0.4, -0.2) is 37.0 Å². The standard InChI is InChI=1S/C15H21NO3/c17-9-10-18-14-11-15(5-7-16-8-6-15)19-13-4-2-1-3-12(13)14/h1-4,14,16-17H,5-11H2. The van der Waals surface area contributed by atoms with Crippen molar-refractivity contribution in [1.82, 2.24) is 5.32 Å². The summed E-state index contributed by atoms with van der Waals surface area (Å²) in [4.78, 5) is 0. The molecule has 0 saturated carbocycles. The lowest BCUT2D eigenvalue weighted by Crippen LogP contribution is -2.49. The van der Waals surface area contributed by atoms with Crippen molar-refractivity contribution >= 4 is 0 Å². The van der Waals surface area contributed by atoms with Crippen LogP contribution in [0.1, 0.15) is 30.9 Å². The van der Waals surface area contributed by atoms with E-state index in [0.717, 1.165) is 43.7 Å². The summed E-state index contributed by atoms with van der Waals surface area (Å²) in [5, 5.41) is 12.4. The Bertz CT molecular complexity index is 429. The second kappa shape index (κ2) is 5.49. The molecule has 4 nitrogen and oxygen atoms in total. The van der Waals surface area contributed by atoms with Gasteiger partial charge >= 0.3 is 0 Å². The predicted molar refractivity (Wildman–Crippen MR) is 72.3 cm³/mol. The van der Waals surface area contributed by atoms with Crippen molar-refractivity contribution in [2.24, 2.45) is 0 Å². The Balaban J connectivity index is 1.86. The van der Waals surface area contributed by atoms with Crippen molar-refractivity contribution < 1.29 is 14.6 Å². The van der Waals surface area contributed by atoms with E-state index in [4.69, 9.17) is 14.6 Å². The Morgan fingerprint density at radius 2 is 2.11 bits per heavy atom. The molecule has 4 heteroatoms. The van der Waals surface area contributed by atoms with Crippen molar-refractivity contribution in [2.75, 3.05) is 26.3 Å². The maximum atomic E-state index is 8.98. The van der Waals surface area contributed by atoms with Crippen LogP contribution in [0.5, 0.6) is 5.75 Å². The van der Waals surface area contributed by atoms with Crippen LogP contribution in [0.25, 0.3) is 0 Å². The topological polar surface area (TPSA) is 50.7 Å². The van der Waals surface area contributed by atoms with E-state index in [2.05, 4.69) is 11.4 Å². The molecule has 19 heavy (non-hydrogen) atoms. The number of hydrogen-bond acceptors (Lipinski definition) is 4. The van der Waals surface area contributed by atoms with E-state index in [0.29, 0.717) is 6.61 Å². The molecule has 1 aromatic carbocycles. The van der Waals surface area contributed by atoms with Crippen molar-refractivity contribution in [2.45, 2.75) is 31.0 Å². The van der Waals surface area contributed by atoms with E-state index in [9.17, 15) is 0 Å². The molecule has 2 heterocycles. The molecule has 1 fully saturated rings. The first-order valence-electron chi connectivity index (χ1n) is 7.04. The van der Waals surface area contributed by atoms with Gasteiger partial charge in [-0.1, -0.05) is 18.2 Å². The molecule has 0 aromatic heterocycles. The van der Waals surface area contributed by atoms with Gasteiger partial charge in [0.2, 0.25) is 0 Å². The van der Waals surface area contributed by atoms with Gasteiger partial charge in [-0.15, -0.1) is 0 Å². The molecule has 1 aromatic rings. The quantitative estimate of drug-likeness (QED) is 0.870. The van der Waals surface area contributed by atoms with Crippen LogP contribution in [0.4, 0.5) is 0 Å². The average Bonchev–Trinajstić information content (AvgIpc) is 2.45. The lowest BCUT2D eigenvalue weighted by atomic mass is 9.82. The van der Waals surface area contributed by atoms with Crippen LogP contribution in [0, 0.1) is 0 Å². The summed E-state index contributed by atoms with van der Waals surface area (Å²) >= 11 is 0. The minimum atomic E-state index is -0.0975. The fraction of sp³-hybridized carbons (Fsp3) is 0.600. The van der Waals surface area contributed by atoms with Gasteiger partial charge in [0.15, 0.2) is 0 Å². The highest BCUT2D eigenvalue weighted by molar-refractivity contribution is 5.38. The van der Waals surface area contributed by atoms with Crippen LogP contribution in [-0.2, 0) is 4.74 Å². The van der Waals surface area contributed by atoms with Crippen LogP contribution >= 0.6 is 0 Å². The summed E-state index contributed by atoms with van der Waals surface area (Å²) in [5.41, 5.74) is 1.01. The minimum Gasteiger partial charge on any atom is -0.487 e. The highest BCUT2D eigenvalue weighted by Crippen LogP contribution is 2.44. The van der Waals surface area contributed by atoms with Gasteiger partial charge in [-0.05, 0) is 32.0 Å². The van der Waals surface area contributed by atoms with Gasteiger partial charge in [0.05, 0.1) is 19.3 Å². The molecule has 104 valence electrons. The fourth-order valence-electron chi connectivity index (χ4n) is 3.09. The first-order chi connectivity index (χ1) is 9.33. The third-order valence-corrected chi connectivity index (χ3v) is 4.07. The van der Waals surface area contributed by atoms with Gasteiger partial charge < -0.3 is 19.9 Å². The van der Waals surface area contributed by atoms with Gasteiger partial charge in [-0.25, -0.2) is 0 Å². The number of hydrogen-bond donors (Lipinski definition) is 2. The molecule has 1 unspecified atom stereocenters. The predicted octanol–water partition coefficient (Wildman–Crippen LogP) is 1.64. The fourth-order valence-corrected chi connectivity index (χ4v) is 3.09. The molecule has 0 aliphatic carbocycles. The van der Waals surface area contributed by atoms with Crippen molar-refractivity contribution in [3.8, 4) is 5.75 Å². The number of benzene rings is 1. The van der Waals surface area contributed by atoms with E-state index in [1.54, 1.807) is 0 Å². The largest absolute Gasteiger partial charge is 0.487 e. The molecule has 2 N–H and O–H groups in total. The molecule has 1 atom stereocenters. The maximum absolute atomic E-state index is 8.98. The third kappa shape index (κ3) is 2.61. The van der Waals surface area contributed by atoms with Crippen molar-refractivity contribution in [3.05, 3.63) is 29.8 Å². The Labute approximate surface area is 113 Å². The van der Waals surface area contributed by atoms with E-state index in [1.807, 2.05) is 18.2 Å². The normalized spacial score (nSPS) is 24.8. The molecule has 1 saturated heterocycles. The number of fused-ring (bicyclic) bond motifs is 1. The average molecular weight is 263 g/mol. The van der Waals surface area contributed by atoms with Crippen molar-refractivity contribution in [3.63, 3.8) is 0 Å². The highest BCUT2D eigenvalue weighted by atomic mass is 16.5. The SMILES string of the molecule is OCCOC1CC2(CCNCC2)Oc2ccccc21. The zero-order chi connectivity index (χ0) is 13.1. The number of rotatable bonds is 3. The first kappa shape index (κ1) is 12.9. The number of para-hydroxylation sites is 1. The number of aliphatic hydroxyl groups is 1. The minimum absolute atomic E-state index is 0.0372. The van der Waals surface area contributed by atoms with Gasteiger partial charge in [0.1, 0.15) is 11.4 Å². The smallest absolute Gasteiger partial charge is 0.125 e. The zero-order valence-electron chi connectivity index (χ0n) is 11.1. The third-order valence-electron chi connectivity index (χ3n) is 4.07. The number of piperidine rings is 1. The van der Waals surface area contributed by atoms with Crippen LogP contribution < -0.4 is 10.1 Å². The summed E-state index contributed by atoms with van der Waals surface area (Å²) in [7, 11) is 0. The van der Waals surface area contributed by atoms with E-state index in [1.165, 1.54) is 0 Å². The summed E-state index contributed by atoms with van der Waals surface area (Å²) in [6.07, 6.45) is 2.95. The van der Waals surface area contributed by atoms with E-state index < -0.39 is 0 Å². The van der Waals surface area contributed by atoms with Gasteiger partial charge in [-0.3, -0.25) is 0 Å². The number of ether oxygens (including phenoxy) is 2. The second-order valence-electron chi connectivity index (χ2n) is 5.36. The Hall–Kier alpha value is -1.10.